The molecule has 0 aromatic heterocycles. The molecule has 0 saturated heterocycles. The Morgan fingerprint density at radius 1 is 1.06 bits per heavy atom. The van der Waals surface area contributed by atoms with Crippen molar-refractivity contribution in [3.63, 3.8) is 0 Å². The number of nitrogens with one attached hydrogen (secondary N) is 2. The zero-order valence-corrected chi connectivity index (χ0v) is 21.6. The van der Waals surface area contributed by atoms with Crippen LogP contribution in [0.2, 0.25) is 0 Å². The van der Waals surface area contributed by atoms with E-state index in [2.05, 4.69) is 54.4 Å². The van der Waals surface area contributed by atoms with Crippen LogP contribution in [0, 0.1) is 3.57 Å². The van der Waals surface area contributed by atoms with Crippen molar-refractivity contribution >= 4 is 62.5 Å². The maximum absolute atomic E-state index is 12.5. The number of ether oxygens (including phenoxy) is 2. The van der Waals surface area contributed by atoms with Gasteiger partial charge in [-0.15, -0.1) is 0 Å². The summed E-state index contributed by atoms with van der Waals surface area (Å²) in [6.07, 6.45) is 1.35. The van der Waals surface area contributed by atoms with Gasteiger partial charge in [0.25, 0.3) is 11.8 Å². The molecule has 0 aliphatic rings. The molecule has 2 N–H and O–H groups in total. The molecule has 0 radical (unpaired) electrons. The lowest BCUT2D eigenvalue weighted by Gasteiger charge is -2.09. The van der Waals surface area contributed by atoms with E-state index >= 15 is 0 Å². The molecule has 0 atom stereocenters. The van der Waals surface area contributed by atoms with Crippen molar-refractivity contribution in [2.24, 2.45) is 5.10 Å². The van der Waals surface area contributed by atoms with Gasteiger partial charge in [-0.1, -0.05) is 28.1 Å². The van der Waals surface area contributed by atoms with E-state index in [4.69, 9.17) is 9.47 Å². The van der Waals surface area contributed by atoms with Gasteiger partial charge in [0.05, 0.1) is 31.0 Å². The predicted molar refractivity (Wildman–Crippen MR) is 139 cm³/mol. The second-order valence-corrected chi connectivity index (χ2v) is 8.83. The summed E-state index contributed by atoms with van der Waals surface area (Å²) >= 11 is 5.41. The van der Waals surface area contributed by atoms with Gasteiger partial charge >= 0.3 is 5.97 Å². The molecule has 0 heterocycles. The third kappa shape index (κ3) is 7.12. The Hall–Kier alpha value is -3.25. The summed E-state index contributed by atoms with van der Waals surface area (Å²) in [7, 11) is 1.54. The first-order valence-corrected chi connectivity index (χ1v) is 11.7. The molecule has 3 aromatic rings. The molecule has 8 nitrogen and oxygen atoms in total. The second kappa shape index (κ2) is 12.3. The van der Waals surface area contributed by atoms with Crippen molar-refractivity contribution in [2.45, 2.75) is 0 Å². The van der Waals surface area contributed by atoms with E-state index in [0.717, 1.165) is 8.04 Å². The van der Waals surface area contributed by atoms with E-state index in [1.54, 1.807) is 60.7 Å². The largest absolute Gasteiger partial charge is 0.497 e. The topological polar surface area (TPSA) is 106 Å². The Labute approximate surface area is 218 Å². The second-order valence-electron chi connectivity index (χ2n) is 6.76. The van der Waals surface area contributed by atoms with Crippen molar-refractivity contribution in [2.75, 3.05) is 13.7 Å². The maximum atomic E-state index is 12.5. The standard InChI is InChI=1S/C24H19BrIN3O5/c1-33-18-9-6-15(7-10-18)24(32)34-21-11-8-17(25)12-16(21)13-28-29-22(30)14-27-23(31)19-4-2-3-5-20(19)26/h2-13H,14H2,1H3,(H,27,31)(H,29,30)/b28-13-. The van der Waals surface area contributed by atoms with Crippen LogP contribution in [-0.2, 0) is 4.79 Å². The fourth-order valence-electron chi connectivity index (χ4n) is 2.71. The normalized spacial score (nSPS) is 10.6. The van der Waals surface area contributed by atoms with Gasteiger partial charge in [0, 0.05) is 13.6 Å². The van der Waals surface area contributed by atoms with Crippen LogP contribution in [-0.4, -0.2) is 37.7 Å². The number of hydrogen-bond acceptors (Lipinski definition) is 6. The average molecular weight is 636 g/mol. The Morgan fingerprint density at radius 2 is 1.79 bits per heavy atom. The van der Waals surface area contributed by atoms with Crippen LogP contribution < -0.4 is 20.2 Å². The van der Waals surface area contributed by atoms with Gasteiger partial charge in [-0.25, -0.2) is 10.2 Å². The van der Waals surface area contributed by atoms with Crippen LogP contribution >= 0.6 is 38.5 Å². The van der Waals surface area contributed by atoms with E-state index in [9.17, 15) is 14.4 Å². The predicted octanol–water partition coefficient (Wildman–Crippen LogP) is 4.16. The van der Waals surface area contributed by atoms with Crippen LogP contribution in [0.25, 0.3) is 0 Å². The number of halogens is 2. The average Bonchev–Trinajstić information content (AvgIpc) is 2.84. The number of nitrogens with zero attached hydrogens (tertiary/aromatic N) is 1. The Morgan fingerprint density at radius 3 is 2.50 bits per heavy atom. The van der Waals surface area contributed by atoms with Gasteiger partial charge in [-0.2, -0.15) is 5.10 Å². The molecule has 2 amide bonds. The highest BCUT2D eigenvalue weighted by atomic mass is 127. The first kappa shape index (κ1) is 25.4. The van der Waals surface area contributed by atoms with Crippen molar-refractivity contribution in [3.8, 4) is 11.5 Å². The minimum atomic E-state index is -0.554. The molecule has 34 heavy (non-hydrogen) atoms. The van der Waals surface area contributed by atoms with Gasteiger partial charge in [-0.3, -0.25) is 9.59 Å². The molecule has 0 unspecified atom stereocenters. The lowest BCUT2D eigenvalue weighted by molar-refractivity contribution is -0.120. The number of carbonyl (C=O) groups is 3. The number of methoxy groups -OCH3 is 1. The molecule has 0 aliphatic heterocycles. The minimum Gasteiger partial charge on any atom is -0.497 e. The lowest BCUT2D eigenvalue weighted by Crippen LogP contribution is -2.35. The fourth-order valence-corrected chi connectivity index (χ4v) is 3.72. The number of benzene rings is 3. The van der Waals surface area contributed by atoms with E-state index in [0.29, 0.717) is 22.4 Å². The van der Waals surface area contributed by atoms with Crippen LogP contribution in [0.1, 0.15) is 26.3 Å². The Kier molecular flexibility index (Phi) is 9.16. The summed E-state index contributed by atoms with van der Waals surface area (Å²) < 4.78 is 12.1. The highest BCUT2D eigenvalue weighted by Crippen LogP contribution is 2.23. The molecular weight excluding hydrogens is 617 g/mol. The molecule has 3 aromatic carbocycles. The minimum absolute atomic E-state index is 0.251. The van der Waals surface area contributed by atoms with Crippen molar-refractivity contribution < 1.29 is 23.9 Å². The zero-order valence-electron chi connectivity index (χ0n) is 17.9. The summed E-state index contributed by atoms with van der Waals surface area (Å²) in [5, 5.41) is 6.45. The molecule has 0 spiro atoms. The maximum Gasteiger partial charge on any atom is 0.343 e. The van der Waals surface area contributed by atoms with Crippen LogP contribution in [0.15, 0.2) is 76.3 Å². The summed E-state index contributed by atoms with van der Waals surface area (Å²) in [5.41, 5.74) is 3.63. The van der Waals surface area contributed by atoms with Gasteiger partial charge < -0.3 is 14.8 Å². The van der Waals surface area contributed by atoms with Crippen LogP contribution in [0.5, 0.6) is 11.5 Å². The highest BCUT2D eigenvalue weighted by molar-refractivity contribution is 14.1. The highest BCUT2D eigenvalue weighted by Gasteiger charge is 2.13. The zero-order chi connectivity index (χ0) is 24.5. The Balaban J connectivity index is 1.60. The summed E-state index contributed by atoms with van der Waals surface area (Å²) in [6, 6.07) is 18.6. The third-order valence-electron chi connectivity index (χ3n) is 4.42. The van der Waals surface area contributed by atoms with Crippen molar-refractivity contribution in [1.82, 2.24) is 10.7 Å². The number of hydrogen-bond donors (Lipinski definition) is 2. The smallest absolute Gasteiger partial charge is 0.343 e. The lowest BCUT2D eigenvalue weighted by atomic mass is 10.2. The molecule has 10 heteroatoms. The molecule has 174 valence electrons. The van der Waals surface area contributed by atoms with E-state index < -0.39 is 11.9 Å². The number of esters is 1. The molecule has 0 aliphatic carbocycles. The first-order valence-electron chi connectivity index (χ1n) is 9.88. The molecule has 3 rings (SSSR count). The Bertz CT molecular complexity index is 1230. The van der Waals surface area contributed by atoms with Gasteiger partial charge in [0.2, 0.25) is 0 Å². The first-order chi connectivity index (χ1) is 16.4. The number of hydrazone groups is 1. The third-order valence-corrected chi connectivity index (χ3v) is 5.86. The van der Waals surface area contributed by atoms with Gasteiger partial charge in [0.15, 0.2) is 0 Å². The van der Waals surface area contributed by atoms with E-state index in [1.807, 2.05) is 6.07 Å². The fraction of sp³-hybridized carbons (Fsp3) is 0.0833. The molecular formula is C24H19BrIN3O5. The number of rotatable bonds is 8. The van der Waals surface area contributed by atoms with Crippen LogP contribution in [0.3, 0.4) is 0 Å². The van der Waals surface area contributed by atoms with Crippen LogP contribution in [0.4, 0.5) is 0 Å². The summed E-state index contributed by atoms with van der Waals surface area (Å²) in [5.74, 6) is -0.541. The molecule has 0 fully saturated rings. The molecule has 0 bridgehead atoms. The van der Waals surface area contributed by atoms with E-state index in [-0.39, 0.29) is 18.2 Å². The van der Waals surface area contributed by atoms with Crippen molar-refractivity contribution in [3.05, 3.63) is 91.5 Å². The van der Waals surface area contributed by atoms with Gasteiger partial charge in [-0.05, 0) is 77.2 Å². The summed E-state index contributed by atoms with van der Waals surface area (Å²) in [6.45, 7) is -0.251. The molecule has 0 saturated carbocycles. The summed E-state index contributed by atoms with van der Waals surface area (Å²) in [4.78, 5) is 36.8. The van der Waals surface area contributed by atoms with Gasteiger partial charge in [0.1, 0.15) is 11.5 Å². The monoisotopic (exact) mass is 635 g/mol. The number of carbonyl (C=O) groups excluding carboxylic acids is 3. The number of amides is 2. The SMILES string of the molecule is COc1ccc(C(=O)Oc2ccc(Br)cc2/C=N\NC(=O)CNC(=O)c2ccccc2I)cc1. The van der Waals surface area contributed by atoms with Crippen molar-refractivity contribution in [1.29, 1.82) is 0 Å². The van der Waals surface area contributed by atoms with E-state index in [1.165, 1.54) is 13.3 Å². The quantitative estimate of drug-likeness (QED) is 0.127.